The third kappa shape index (κ3) is 9.01. The molecule has 1 aliphatic rings. The van der Waals surface area contributed by atoms with Crippen molar-refractivity contribution in [2.45, 2.75) is 90.8 Å². The van der Waals surface area contributed by atoms with Crippen LogP contribution in [-0.2, 0) is 19.6 Å². The van der Waals surface area contributed by atoms with Gasteiger partial charge in [0.15, 0.2) is 6.23 Å². The van der Waals surface area contributed by atoms with Crippen LogP contribution in [0, 0.1) is 5.92 Å². The van der Waals surface area contributed by atoms with E-state index in [1.807, 2.05) is 23.7 Å². The molecule has 0 saturated carbocycles. The van der Waals surface area contributed by atoms with Gasteiger partial charge in [0, 0.05) is 30.4 Å². The molecule has 1 N–H and O–H groups in total. The summed E-state index contributed by atoms with van der Waals surface area (Å²) in [6, 6.07) is 8.14. The maximum atomic E-state index is 11.0. The zero-order valence-electron chi connectivity index (χ0n) is 26.5. The quantitative estimate of drug-likeness (QED) is 0.122. The Morgan fingerprint density at radius 3 is 2.58 bits per heavy atom. The van der Waals surface area contributed by atoms with Crippen LogP contribution in [0.1, 0.15) is 66.5 Å². The smallest absolute Gasteiger partial charge is 0.265 e. The SMILES string of the molecule is CC(CCOCC(C)Oc1cncc(-c2nn(C3CCCCO3)c3ccc(O[Si](C)(C)C(C)(C)C)cc23)c1)CS(=O)(=O)O. The molecule has 4 rings (SSSR count). The Bertz CT molecular complexity index is 1480. The predicted molar refractivity (Wildman–Crippen MR) is 171 cm³/mol. The fourth-order valence-electron chi connectivity index (χ4n) is 4.84. The number of benzene rings is 1. The molecule has 1 saturated heterocycles. The molecule has 3 aromatic rings. The molecule has 1 aliphatic heterocycles. The fourth-order valence-corrected chi connectivity index (χ4v) is 6.74. The Kier molecular flexibility index (Phi) is 10.6. The summed E-state index contributed by atoms with van der Waals surface area (Å²) in [5, 5.41) is 6.10. The molecule has 0 amide bonds. The lowest BCUT2D eigenvalue weighted by Gasteiger charge is -2.36. The van der Waals surface area contributed by atoms with Crippen LogP contribution < -0.4 is 9.16 Å². The minimum absolute atomic E-state index is 0.0687. The second-order valence-electron chi connectivity index (χ2n) is 13.2. The first-order chi connectivity index (χ1) is 20.1. The van der Waals surface area contributed by atoms with Crippen LogP contribution in [-0.4, -0.2) is 67.7 Å². The molecule has 3 atom stereocenters. The Morgan fingerprint density at radius 1 is 1.14 bits per heavy atom. The number of hydrogen-bond acceptors (Lipinski definition) is 8. The van der Waals surface area contributed by atoms with E-state index in [-0.39, 0.29) is 29.0 Å². The van der Waals surface area contributed by atoms with E-state index in [1.54, 1.807) is 19.3 Å². The highest BCUT2D eigenvalue weighted by molar-refractivity contribution is 7.85. The van der Waals surface area contributed by atoms with E-state index in [4.69, 9.17) is 28.3 Å². The largest absolute Gasteiger partial charge is 0.543 e. The minimum Gasteiger partial charge on any atom is -0.543 e. The average Bonchev–Trinajstić information content (AvgIpc) is 3.29. The summed E-state index contributed by atoms with van der Waals surface area (Å²) in [7, 11) is -6.03. The van der Waals surface area contributed by atoms with Gasteiger partial charge < -0.3 is 18.6 Å². The van der Waals surface area contributed by atoms with Gasteiger partial charge in [-0.1, -0.05) is 27.7 Å². The molecular weight excluding hydrogens is 587 g/mol. The molecule has 0 radical (unpaired) electrons. The molecule has 0 aliphatic carbocycles. The van der Waals surface area contributed by atoms with Crippen molar-refractivity contribution in [3.63, 3.8) is 0 Å². The normalized spacial score (nSPS) is 18.0. The molecule has 3 unspecified atom stereocenters. The molecule has 238 valence electrons. The summed E-state index contributed by atoms with van der Waals surface area (Å²) in [6.07, 6.45) is 6.66. The van der Waals surface area contributed by atoms with Crippen LogP contribution in [0.2, 0.25) is 18.1 Å². The van der Waals surface area contributed by atoms with Crippen LogP contribution in [0.5, 0.6) is 11.5 Å². The van der Waals surface area contributed by atoms with Crippen molar-refractivity contribution in [2.75, 3.05) is 25.6 Å². The second kappa shape index (κ2) is 13.6. The Hall–Kier alpha value is -2.51. The lowest BCUT2D eigenvalue weighted by Crippen LogP contribution is -2.43. The van der Waals surface area contributed by atoms with Gasteiger partial charge in [0.2, 0.25) is 8.32 Å². The van der Waals surface area contributed by atoms with Gasteiger partial charge in [-0.3, -0.25) is 9.54 Å². The van der Waals surface area contributed by atoms with E-state index < -0.39 is 18.4 Å². The number of nitrogens with zero attached hydrogens (tertiary/aromatic N) is 3. The monoisotopic (exact) mass is 633 g/mol. The van der Waals surface area contributed by atoms with E-state index in [1.165, 1.54) is 0 Å². The van der Waals surface area contributed by atoms with E-state index >= 15 is 0 Å². The van der Waals surface area contributed by atoms with Gasteiger partial charge in [-0.25, -0.2) is 4.68 Å². The molecule has 3 heterocycles. The number of rotatable bonds is 13. The third-order valence-corrected chi connectivity index (χ3v) is 13.6. The van der Waals surface area contributed by atoms with Crippen molar-refractivity contribution in [2.24, 2.45) is 5.92 Å². The zero-order chi connectivity index (χ0) is 31.4. The van der Waals surface area contributed by atoms with Crippen LogP contribution in [0.15, 0.2) is 36.7 Å². The molecular formula is C31H47N3O7SSi. The standard InChI is InChI=1S/C31H47N3O7SSi/c1-22(21-42(35,36)37)13-15-38-20-23(2)40-26-16-24(18-32-19-26)30-27-17-25(41-43(6,7)31(3,4)5)11-12-28(27)34(33-30)29-10-8-9-14-39-29/h11-12,16-19,22-23,29H,8-10,13-15,20-21H2,1-7H3,(H,35,36,37). The van der Waals surface area contributed by atoms with E-state index in [0.29, 0.717) is 25.4 Å². The van der Waals surface area contributed by atoms with Gasteiger partial charge >= 0.3 is 0 Å². The molecule has 1 aromatic carbocycles. The number of hydrogen-bond donors (Lipinski definition) is 1. The fraction of sp³-hybridized carbons (Fsp3) is 0.613. The van der Waals surface area contributed by atoms with Gasteiger partial charge in [-0.2, -0.15) is 13.5 Å². The van der Waals surface area contributed by atoms with Gasteiger partial charge in [0.25, 0.3) is 10.1 Å². The molecule has 0 spiro atoms. The minimum atomic E-state index is -3.99. The highest BCUT2D eigenvalue weighted by Gasteiger charge is 2.39. The van der Waals surface area contributed by atoms with E-state index in [0.717, 1.165) is 53.8 Å². The summed E-state index contributed by atoms with van der Waals surface area (Å²) < 4.78 is 57.7. The highest BCUT2D eigenvalue weighted by atomic mass is 32.2. The Morgan fingerprint density at radius 2 is 1.91 bits per heavy atom. The summed E-state index contributed by atoms with van der Waals surface area (Å²) in [5.74, 6) is 0.955. The molecule has 0 bridgehead atoms. The average molecular weight is 634 g/mol. The van der Waals surface area contributed by atoms with Crippen LogP contribution >= 0.6 is 0 Å². The van der Waals surface area contributed by atoms with Crippen molar-refractivity contribution >= 4 is 29.3 Å². The molecule has 1 fully saturated rings. The number of aromatic nitrogens is 3. The summed E-state index contributed by atoms with van der Waals surface area (Å²) in [4.78, 5) is 4.46. The maximum absolute atomic E-state index is 11.0. The molecule has 10 nitrogen and oxygen atoms in total. The number of fused-ring (bicyclic) bond motifs is 1. The molecule has 12 heteroatoms. The van der Waals surface area contributed by atoms with Gasteiger partial charge in [0.05, 0.1) is 24.1 Å². The maximum Gasteiger partial charge on any atom is 0.265 e. The first-order valence-electron chi connectivity index (χ1n) is 15.1. The number of pyridine rings is 1. The first kappa shape index (κ1) is 33.4. The second-order valence-corrected chi connectivity index (χ2v) is 19.4. The summed E-state index contributed by atoms with van der Waals surface area (Å²) >= 11 is 0. The van der Waals surface area contributed by atoms with Crippen LogP contribution in [0.3, 0.4) is 0 Å². The predicted octanol–water partition coefficient (Wildman–Crippen LogP) is 6.88. The highest BCUT2D eigenvalue weighted by Crippen LogP contribution is 2.40. The van der Waals surface area contributed by atoms with Gasteiger partial charge in [0.1, 0.15) is 23.3 Å². The Balaban J connectivity index is 1.54. The van der Waals surface area contributed by atoms with Crippen molar-refractivity contribution < 1.29 is 31.6 Å². The van der Waals surface area contributed by atoms with Crippen molar-refractivity contribution in [3.8, 4) is 22.8 Å². The summed E-state index contributed by atoms with van der Waals surface area (Å²) in [6.45, 7) is 16.3. The van der Waals surface area contributed by atoms with Gasteiger partial charge in [-0.05, 0) is 80.9 Å². The first-order valence-corrected chi connectivity index (χ1v) is 19.6. The van der Waals surface area contributed by atoms with E-state index in [2.05, 4.69) is 51.0 Å². The zero-order valence-corrected chi connectivity index (χ0v) is 28.3. The Labute approximate surface area is 257 Å². The van der Waals surface area contributed by atoms with Crippen molar-refractivity contribution in [1.29, 1.82) is 0 Å². The van der Waals surface area contributed by atoms with Crippen molar-refractivity contribution in [1.82, 2.24) is 14.8 Å². The summed E-state index contributed by atoms with van der Waals surface area (Å²) in [5.41, 5.74) is 2.61. The van der Waals surface area contributed by atoms with Crippen LogP contribution in [0.4, 0.5) is 0 Å². The molecule has 43 heavy (non-hydrogen) atoms. The molecule has 2 aromatic heterocycles. The van der Waals surface area contributed by atoms with Crippen LogP contribution in [0.25, 0.3) is 22.2 Å². The third-order valence-electron chi connectivity index (χ3n) is 8.21. The van der Waals surface area contributed by atoms with Crippen molar-refractivity contribution in [3.05, 3.63) is 36.7 Å². The van der Waals surface area contributed by atoms with Gasteiger partial charge in [-0.15, -0.1) is 0 Å². The topological polar surface area (TPSA) is 122 Å². The number of ether oxygens (including phenoxy) is 3. The lowest BCUT2D eigenvalue weighted by atomic mass is 10.1. The lowest BCUT2D eigenvalue weighted by molar-refractivity contribution is -0.0365. The van der Waals surface area contributed by atoms with E-state index in [9.17, 15) is 8.42 Å².